The van der Waals surface area contributed by atoms with Crippen molar-refractivity contribution < 1.29 is 19.4 Å². The minimum atomic E-state index is -0.264. The Labute approximate surface area is 144 Å². The van der Waals surface area contributed by atoms with Crippen LogP contribution in [0.1, 0.15) is 17.4 Å². The van der Waals surface area contributed by atoms with Crippen LogP contribution in [-0.4, -0.2) is 35.8 Å². The third kappa shape index (κ3) is 3.85. The molecular formula is C17H20N2O4S. The molecule has 1 unspecified atom stereocenters. The van der Waals surface area contributed by atoms with Crippen LogP contribution in [0.2, 0.25) is 0 Å². The number of thiazole rings is 1. The van der Waals surface area contributed by atoms with Crippen molar-refractivity contribution in [2.45, 2.75) is 19.8 Å². The van der Waals surface area contributed by atoms with Gasteiger partial charge in [0.25, 0.3) is 0 Å². The van der Waals surface area contributed by atoms with E-state index in [1.54, 1.807) is 6.20 Å². The van der Waals surface area contributed by atoms with Gasteiger partial charge >= 0.3 is 0 Å². The predicted molar refractivity (Wildman–Crippen MR) is 91.8 cm³/mol. The first kappa shape index (κ1) is 16.7. The second kappa shape index (κ2) is 7.63. The van der Waals surface area contributed by atoms with Crippen LogP contribution in [0.4, 0.5) is 5.13 Å². The quantitative estimate of drug-likeness (QED) is 0.837. The van der Waals surface area contributed by atoms with Crippen LogP contribution in [0, 0.1) is 5.92 Å². The van der Waals surface area contributed by atoms with Gasteiger partial charge in [0.1, 0.15) is 18.1 Å². The number of aliphatic hydroxyl groups is 1. The molecule has 7 heteroatoms. The van der Waals surface area contributed by atoms with Gasteiger partial charge in [0.05, 0.1) is 12.5 Å². The first-order chi connectivity index (χ1) is 11.7. The number of fused-ring (bicyclic) bond motifs is 1. The maximum absolute atomic E-state index is 12.4. The largest absolute Gasteiger partial charge is 0.494 e. The lowest BCUT2D eigenvalue weighted by atomic mass is 9.96. The lowest BCUT2D eigenvalue weighted by Gasteiger charge is -2.24. The Kier molecular flexibility index (Phi) is 5.32. The van der Waals surface area contributed by atoms with Gasteiger partial charge in [-0.3, -0.25) is 4.79 Å². The Morgan fingerprint density at radius 1 is 1.54 bits per heavy atom. The SMILES string of the molecule is CCOc1ccc2c(c1)CC(C(=O)Nc1ncc(CCO)s1)CO2. The van der Waals surface area contributed by atoms with Crippen LogP contribution in [0.3, 0.4) is 0 Å². The van der Waals surface area contributed by atoms with E-state index in [1.165, 1.54) is 11.3 Å². The third-order valence-corrected chi connectivity index (χ3v) is 4.73. The lowest BCUT2D eigenvalue weighted by Crippen LogP contribution is -2.32. The minimum absolute atomic E-state index is 0.0744. The van der Waals surface area contributed by atoms with Gasteiger partial charge in [-0.2, -0.15) is 0 Å². The number of aliphatic hydroxyl groups excluding tert-OH is 1. The number of nitrogens with zero attached hydrogens (tertiary/aromatic N) is 1. The highest BCUT2D eigenvalue weighted by molar-refractivity contribution is 7.15. The van der Waals surface area contributed by atoms with Crippen molar-refractivity contribution in [1.29, 1.82) is 0 Å². The molecule has 3 rings (SSSR count). The third-order valence-electron chi connectivity index (χ3n) is 3.76. The van der Waals surface area contributed by atoms with E-state index in [-0.39, 0.29) is 18.4 Å². The van der Waals surface area contributed by atoms with Gasteiger partial charge in [0.15, 0.2) is 5.13 Å². The molecule has 128 valence electrons. The van der Waals surface area contributed by atoms with E-state index in [9.17, 15) is 4.79 Å². The van der Waals surface area contributed by atoms with Crippen molar-refractivity contribution >= 4 is 22.4 Å². The molecule has 0 saturated heterocycles. The molecule has 24 heavy (non-hydrogen) atoms. The highest BCUT2D eigenvalue weighted by Gasteiger charge is 2.27. The number of carbonyl (C=O) groups is 1. The zero-order valence-electron chi connectivity index (χ0n) is 13.4. The first-order valence-corrected chi connectivity index (χ1v) is 8.76. The highest BCUT2D eigenvalue weighted by atomic mass is 32.1. The second-order valence-corrected chi connectivity index (χ2v) is 6.62. The fourth-order valence-corrected chi connectivity index (χ4v) is 3.40. The average Bonchev–Trinajstić information content (AvgIpc) is 3.02. The van der Waals surface area contributed by atoms with E-state index < -0.39 is 0 Å². The van der Waals surface area contributed by atoms with Gasteiger partial charge in [0.2, 0.25) is 5.91 Å². The van der Waals surface area contributed by atoms with E-state index >= 15 is 0 Å². The fraction of sp³-hybridized carbons (Fsp3) is 0.412. The molecular weight excluding hydrogens is 328 g/mol. The van der Waals surface area contributed by atoms with Crippen molar-refractivity contribution in [2.24, 2.45) is 5.92 Å². The second-order valence-electron chi connectivity index (χ2n) is 5.51. The summed E-state index contributed by atoms with van der Waals surface area (Å²) in [4.78, 5) is 17.6. The number of amides is 1. The standard InChI is InChI=1S/C17H20N2O4S/c1-2-22-13-3-4-15-11(8-13)7-12(10-23-15)16(21)19-17-18-9-14(24-17)5-6-20/h3-4,8-9,12,20H,2,5-7,10H2,1H3,(H,18,19,21). The number of rotatable bonds is 6. The molecule has 1 amide bonds. The van der Waals surface area contributed by atoms with Gasteiger partial charge in [-0.25, -0.2) is 4.98 Å². The van der Waals surface area contributed by atoms with Crippen LogP contribution < -0.4 is 14.8 Å². The van der Waals surface area contributed by atoms with Crippen molar-refractivity contribution in [3.63, 3.8) is 0 Å². The van der Waals surface area contributed by atoms with Gasteiger partial charge in [-0.1, -0.05) is 0 Å². The zero-order chi connectivity index (χ0) is 16.9. The van der Waals surface area contributed by atoms with Crippen LogP contribution in [0.15, 0.2) is 24.4 Å². The molecule has 6 nitrogen and oxygen atoms in total. The molecule has 2 N–H and O–H groups in total. The average molecular weight is 348 g/mol. The van der Waals surface area contributed by atoms with Crippen LogP contribution in [-0.2, 0) is 17.6 Å². The highest BCUT2D eigenvalue weighted by Crippen LogP contribution is 2.31. The van der Waals surface area contributed by atoms with Crippen LogP contribution >= 0.6 is 11.3 Å². The van der Waals surface area contributed by atoms with E-state index in [2.05, 4.69) is 10.3 Å². The molecule has 0 spiro atoms. The predicted octanol–water partition coefficient (Wildman–Crippen LogP) is 2.27. The summed E-state index contributed by atoms with van der Waals surface area (Å²) in [7, 11) is 0. The molecule has 0 saturated carbocycles. The van der Waals surface area contributed by atoms with Crippen molar-refractivity contribution in [1.82, 2.24) is 4.98 Å². The van der Waals surface area contributed by atoms with E-state index in [0.29, 0.717) is 31.2 Å². The summed E-state index contributed by atoms with van der Waals surface area (Å²) in [5.41, 5.74) is 0.979. The number of hydrogen-bond donors (Lipinski definition) is 2. The summed E-state index contributed by atoms with van der Waals surface area (Å²) in [6.07, 6.45) is 2.84. The maximum Gasteiger partial charge on any atom is 0.233 e. The normalized spacial score (nSPS) is 16.2. The van der Waals surface area contributed by atoms with Gasteiger partial charge in [-0.05, 0) is 37.1 Å². The van der Waals surface area contributed by atoms with Crippen molar-refractivity contribution in [3.05, 3.63) is 34.8 Å². The molecule has 2 heterocycles. The number of benzene rings is 1. The monoisotopic (exact) mass is 348 g/mol. The number of nitrogens with one attached hydrogen (secondary N) is 1. The Balaban J connectivity index is 1.65. The van der Waals surface area contributed by atoms with Gasteiger partial charge in [0, 0.05) is 24.1 Å². The Bertz CT molecular complexity index is 716. The maximum atomic E-state index is 12.4. The Morgan fingerprint density at radius 3 is 3.21 bits per heavy atom. The van der Waals surface area contributed by atoms with Gasteiger partial charge in [-0.15, -0.1) is 11.3 Å². The minimum Gasteiger partial charge on any atom is -0.494 e. The summed E-state index contributed by atoms with van der Waals surface area (Å²) in [6.45, 7) is 2.96. The molecule has 0 radical (unpaired) electrons. The van der Waals surface area contributed by atoms with Gasteiger partial charge < -0.3 is 19.9 Å². The molecule has 0 aliphatic carbocycles. The Hall–Kier alpha value is -2.12. The Morgan fingerprint density at radius 2 is 2.42 bits per heavy atom. The molecule has 0 fully saturated rings. The molecule has 1 aromatic heterocycles. The molecule has 1 aromatic carbocycles. The first-order valence-electron chi connectivity index (χ1n) is 7.94. The van der Waals surface area contributed by atoms with E-state index in [0.717, 1.165) is 21.9 Å². The molecule has 2 aromatic rings. The fourth-order valence-electron chi connectivity index (χ4n) is 2.59. The number of carbonyl (C=O) groups excluding carboxylic acids is 1. The van der Waals surface area contributed by atoms with Crippen LogP contribution in [0.25, 0.3) is 0 Å². The zero-order valence-corrected chi connectivity index (χ0v) is 14.3. The smallest absolute Gasteiger partial charge is 0.233 e. The topological polar surface area (TPSA) is 80.7 Å². The van der Waals surface area contributed by atoms with Crippen LogP contribution in [0.5, 0.6) is 11.5 Å². The number of anilines is 1. The summed E-state index contributed by atoms with van der Waals surface area (Å²) in [5, 5.41) is 12.3. The molecule has 1 aliphatic heterocycles. The number of aromatic nitrogens is 1. The summed E-state index contributed by atoms with van der Waals surface area (Å²) in [5.74, 6) is 1.23. The van der Waals surface area contributed by atoms with Crippen molar-refractivity contribution in [2.75, 3.05) is 25.1 Å². The van der Waals surface area contributed by atoms with E-state index in [1.807, 2.05) is 25.1 Å². The lowest BCUT2D eigenvalue weighted by molar-refractivity contribution is -0.121. The molecule has 0 bridgehead atoms. The number of ether oxygens (including phenoxy) is 2. The number of hydrogen-bond acceptors (Lipinski definition) is 6. The van der Waals surface area contributed by atoms with Crippen molar-refractivity contribution in [3.8, 4) is 11.5 Å². The summed E-state index contributed by atoms with van der Waals surface area (Å²) < 4.78 is 11.2. The van der Waals surface area contributed by atoms with E-state index in [4.69, 9.17) is 14.6 Å². The molecule has 1 atom stereocenters. The summed E-state index contributed by atoms with van der Waals surface area (Å²) in [6, 6.07) is 5.69. The summed E-state index contributed by atoms with van der Waals surface area (Å²) >= 11 is 1.38. The molecule has 1 aliphatic rings.